The van der Waals surface area contributed by atoms with Crippen molar-refractivity contribution in [2.24, 2.45) is 0 Å². The highest BCUT2D eigenvalue weighted by atomic mass is 35.5. The Balaban J connectivity index is 2.94. The molecule has 0 unspecified atom stereocenters. The summed E-state index contributed by atoms with van der Waals surface area (Å²) < 4.78 is 16.6. The normalized spacial score (nSPS) is 9.93. The average molecular weight is 217 g/mol. The van der Waals surface area contributed by atoms with E-state index in [-0.39, 0.29) is 18.0 Å². The Morgan fingerprint density at radius 2 is 2.29 bits per heavy atom. The maximum absolute atomic E-state index is 11.9. The van der Waals surface area contributed by atoms with Crippen LogP contribution in [0.4, 0.5) is 4.39 Å². The van der Waals surface area contributed by atoms with Crippen molar-refractivity contribution in [3.05, 3.63) is 28.8 Å². The van der Waals surface area contributed by atoms with Crippen LogP contribution in [0.15, 0.2) is 18.2 Å². The highest BCUT2D eigenvalue weighted by molar-refractivity contribution is 6.33. The molecule has 0 aliphatic heterocycles. The van der Waals surface area contributed by atoms with E-state index in [1.165, 1.54) is 6.92 Å². The molecule has 4 heteroatoms. The van der Waals surface area contributed by atoms with E-state index >= 15 is 0 Å². The number of benzene rings is 1. The van der Waals surface area contributed by atoms with Crippen LogP contribution in [0.25, 0.3) is 0 Å². The molecule has 0 aliphatic rings. The first kappa shape index (κ1) is 11.0. The van der Waals surface area contributed by atoms with Gasteiger partial charge in [-0.3, -0.25) is 4.79 Å². The van der Waals surface area contributed by atoms with Gasteiger partial charge in [0.05, 0.1) is 5.02 Å². The number of carbonyl (C=O) groups is 1. The lowest BCUT2D eigenvalue weighted by atomic mass is 10.1. The van der Waals surface area contributed by atoms with Gasteiger partial charge in [0.15, 0.2) is 0 Å². The summed E-state index contributed by atoms with van der Waals surface area (Å²) in [6.45, 7) is 0.544. The summed E-state index contributed by atoms with van der Waals surface area (Å²) in [7, 11) is 0. The van der Waals surface area contributed by atoms with Crippen LogP contribution in [0.3, 0.4) is 0 Å². The monoisotopic (exact) mass is 216 g/mol. The Morgan fingerprint density at radius 3 is 2.86 bits per heavy atom. The summed E-state index contributed by atoms with van der Waals surface area (Å²) in [6.07, 6.45) is 0.238. The molecule has 0 aromatic heterocycles. The molecular weight excluding hydrogens is 207 g/mol. The van der Waals surface area contributed by atoms with E-state index in [1.807, 2.05) is 0 Å². The largest absolute Gasteiger partial charge is 0.461 e. The molecule has 0 atom stereocenters. The second-order valence-electron chi connectivity index (χ2n) is 2.86. The molecule has 0 saturated heterocycles. The first-order valence-electron chi connectivity index (χ1n) is 4.10. The van der Waals surface area contributed by atoms with Crippen molar-refractivity contribution in [2.75, 3.05) is 6.86 Å². The molecule has 76 valence electrons. The van der Waals surface area contributed by atoms with Crippen molar-refractivity contribution in [1.29, 1.82) is 0 Å². The van der Waals surface area contributed by atoms with Crippen LogP contribution in [-0.4, -0.2) is 12.6 Å². The van der Waals surface area contributed by atoms with Gasteiger partial charge < -0.3 is 4.74 Å². The van der Waals surface area contributed by atoms with Crippen LogP contribution in [0.2, 0.25) is 5.02 Å². The van der Waals surface area contributed by atoms with Crippen LogP contribution >= 0.6 is 11.6 Å². The molecule has 1 rings (SSSR count). The van der Waals surface area contributed by atoms with Gasteiger partial charge in [0.1, 0.15) is 11.5 Å². The number of hydrogen-bond acceptors (Lipinski definition) is 2. The summed E-state index contributed by atoms with van der Waals surface area (Å²) in [5.41, 5.74) is 0.658. The summed E-state index contributed by atoms with van der Waals surface area (Å²) >= 11 is 5.89. The predicted octanol–water partition coefficient (Wildman–Crippen LogP) is 2.78. The molecule has 2 nitrogen and oxygen atoms in total. The summed E-state index contributed by atoms with van der Waals surface area (Å²) in [4.78, 5) is 10.9. The van der Waals surface area contributed by atoms with Gasteiger partial charge in [0.25, 0.3) is 0 Å². The molecule has 14 heavy (non-hydrogen) atoms. The molecule has 0 fully saturated rings. The average Bonchev–Trinajstić information content (AvgIpc) is 2.11. The zero-order valence-electron chi connectivity index (χ0n) is 7.72. The Kier molecular flexibility index (Phi) is 3.89. The van der Waals surface area contributed by atoms with Crippen molar-refractivity contribution in [2.45, 2.75) is 13.3 Å². The highest BCUT2D eigenvalue weighted by Crippen LogP contribution is 2.28. The van der Waals surface area contributed by atoms with Crippen LogP contribution in [0.1, 0.15) is 12.5 Å². The minimum absolute atomic E-state index is 0.00398. The molecule has 0 spiro atoms. The number of ketones is 1. The van der Waals surface area contributed by atoms with Gasteiger partial charge in [-0.25, -0.2) is 4.39 Å². The zero-order chi connectivity index (χ0) is 10.6. The maximum atomic E-state index is 11.9. The number of carbonyl (C=O) groups excluding carboxylic acids is 1. The van der Waals surface area contributed by atoms with E-state index in [4.69, 9.17) is 11.6 Å². The Bertz CT molecular complexity index is 339. The van der Waals surface area contributed by atoms with Crippen LogP contribution in [-0.2, 0) is 11.2 Å². The number of rotatable bonds is 4. The van der Waals surface area contributed by atoms with E-state index in [0.717, 1.165) is 0 Å². The zero-order valence-corrected chi connectivity index (χ0v) is 8.47. The van der Waals surface area contributed by atoms with Gasteiger partial charge in [-0.1, -0.05) is 23.7 Å². The van der Waals surface area contributed by atoms with Gasteiger partial charge in [-0.15, -0.1) is 0 Å². The number of hydrogen-bond donors (Lipinski definition) is 0. The van der Waals surface area contributed by atoms with Crippen LogP contribution < -0.4 is 4.74 Å². The first-order chi connectivity index (χ1) is 6.65. The van der Waals surface area contributed by atoms with Crippen LogP contribution in [0.5, 0.6) is 5.75 Å². The number of alkyl halides is 1. The summed E-state index contributed by atoms with van der Waals surface area (Å²) in [5, 5.41) is 0.306. The van der Waals surface area contributed by atoms with Gasteiger partial charge in [-0.2, -0.15) is 0 Å². The SMILES string of the molecule is CC(=O)Cc1cccc(OCF)c1Cl. The molecule has 1 aromatic rings. The molecule has 1 aromatic carbocycles. The Morgan fingerprint density at radius 1 is 1.57 bits per heavy atom. The second-order valence-corrected chi connectivity index (χ2v) is 3.24. The lowest BCUT2D eigenvalue weighted by Gasteiger charge is -2.07. The van der Waals surface area contributed by atoms with Gasteiger partial charge in [0.2, 0.25) is 6.86 Å². The topological polar surface area (TPSA) is 26.3 Å². The van der Waals surface area contributed by atoms with Gasteiger partial charge in [0, 0.05) is 6.42 Å². The molecular formula is C10H10ClFO2. The fourth-order valence-electron chi connectivity index (χ4n) is 1.13. The highest BCUT2D eigenvalue weighted by Gasteiger charge is 2.08. The van der Waals surface area contributed by atoms with Crippen molar-refractivity contribution >= 4 is 17.4 Å². The lowest BCUT2D eigenvalue weighted by molar-refractivity contribution is -0.116. The van der Waals surface area contributed by atoms with E-state index in [2.05, 4.69) is 4.74 Å². The molecule has 0 N–H and O–H groups in total. The molecule has 0 radical (unpaired) electrons. The minimum atomic E-state index is -0.927. The molecule has 0 heterocycles. The van der Waals surface area contributed by atoms with Crippen molar-refractivity contribution in [3.63, 3.8) is 0 Å². The van der Waals surface area contributed by atoms with E-state index < -0.39 is 6.86 Å². The van der Waals surface area contributed by atoms with E-state index in [9.17, 15) is 9.18 Å². The first-order valence-corrected chi connectivity index (χ1v) is 4.48. The number of Topliss-reactive ketones (excluding diaryl/α,β-unsaturated/α-hetero) is 1. The third-order valence-corrected chi connectivity index (χ3v) is 2.12. The minimum Gasteiger partial charge on any atom is -0.461 e. The quantitative estimate of drug-likeness (QED) is 0.774. The Labute approximate surface area is 86.6 Å². The second kappa shape index (κ2) is 4.96. The lowest BCUT2D eigenvalue weighted by Crippen LogP contribution is -1.99. The van der Waals surface area contributed by atoms with Gasteiger partial charge >= 0.3 is 0 Å². The third kappa shape index (κ3) is 2.70. The smallest absolute Gasteiger partial charge is 0.228 e. The van der Waals surface area contributed by atoms with Crippen LogP contribution in [0, 0.1) is 0 Å². The number of ether oxygens (including phenoxy) is 1. The van der Waals surface area contributed by atoms with Gasteiger partial charge in [-0.05, 0) is 18.6 Å². The summed E-state index contributed by atoms with van der Waals surface area (Å²) in [5.74, 6) is 0.275. The van der Waals surface area contributed by atoms with Crippen molar-refractivity contribution < 1.29 is 13.9 Å². The van der Waals surface area contributed by atoms with E-state index in [1.54, 1.807) is 18.2 Å². The molecule has 0 aliphatic carbocycles. The van der Waals surface area contributed by atoms with E-state index in [0.29, 0.717) is 10.6 Å². The van der Waals surface area contributed by atoms with Crippen molar-refractivity contribution in [1.82, 2.24) is 0 Å². The fraction of sp³-hybridized carbons (Fsp3) is 0.300. The fourth-order valence-corrected chi connectivity index (χ4v) is 1.38. The third-order valence-electron chi connectivity index (χ3n) is 1.69. The van der Waals surface area contributed by atoms with Crippen molar-refractivity contribution in [3.8, 4) is 5.75 Å². The Hall–Kier alpha value is -1.09. The standard InChI is InChI=1S/C10H10ClFO2/c1-7(13)5-8-3-2-4-9(10(8)11)14-6-12/h2-4H,5-6H2,1H3. The molecule has 0 amide bonds. The summed E-state index contributed by atoms with van der Waals surface area (Å²) in [6, 6.07) is 4.95. The molecule has 0 bridgehead atoms. The maximum Gasteiger partial charge on any atom is 0.228 e. The number of halogens is 2. The molecule has 0 saturated carbocycles. The predicted molar refractivity (Wildman–Crippen MR) is 52.4 cm³/mol.